The van der Waals surface area contributed by atoms with Crippen molar-refractivity contribution < 1.29 is 18.7 Å². The van der Waals surface area contributed by atoms with Gasteiger partial charge in [-0.25, -0.2) is 4.39 Å². The van der Waals surface area contributed by atoms with Crippen molar-refractivity contribution in [1.82, 2.24) is 4.90 Å². The van der Waals surface area contributed by atoms with Gasteiger partial charge in [0.15, 0.2) is 0 Å². The first-order valence-corrected chi connectivity index (χ1v) is 8.33. The number of para-hydroxylation sites is 1. The molecule has 3 rings (SSSR count). The topological polar surface area (TPSA) is 58.6 Å². The number of hydrogen-bond acceptors (Lipinski definition) is 4. The van der Waals surface area contributed by atoms with E-state index in [1.807, 2.05) is 6.92 Å². The van der Waals surface area contributed by atoms with Crippen LogP contribution in [0.15, 0.2) is 54.2 Å². The Hall–Kier alpha value is -3.15. The number of amides is 2. The van der Waals surface area contributed by atoms with Crippen LogP contribution >= 0.6 is 0 Å². The molecular formula is C20H19FN2O3. The maximum atomic E-state index is 13.5. The van der Waals surface area contributed by atoms with Crippen LogP contribution in [-0.2, 0) is 9.59 Å². The molecule has 1 aliphatic rings. The molecule has 0 radical (unpaired) electrons. The van der Waals surface area contributed by atoms with E-state index in [-0.39, 0.29) is 17.2 Å². The zero-order chi connectivity index (χ0) is 18.7. The molecule has 0 aliphatic carbocycles. The van der Waals surface area contributed by atoms with Crippen LogP contribution in [0.1, 0.15) is 18.9 Å². The number of nitrogens with zero attached hydrogens (tertiary/aromatic N) is 1. The molecule has 2 aromatic carbocycles. The quantitative estimate of drug-likeness (QED) is 0.808. The zero-order valence-electron chi connectivity index (χ0n) is 14.6. The third kappa shape index (κ3) is 3.18. The van der Waals surface area contributed by atoms with E-state index in [2.05, 4.69) is 5.32 Å². The number of anilines is 1. The first kappa shape index (κ1) is 17.7. The summed E-state index contributed by atoms with van der Waals surface area (Å²) in [6, 6.07) is 12.8. The molecule has 6 heteroatoms. The van der Waals surface area contributed by atoms with Crippen LogP contribution < -0.4 is 10.1 Å². The minimum absolute atomic E-state index is 0.124. The second kappa shape index (κ2) is 7.39. The fourth-order valence-electron chi connectivity index (χ4n) is 2.93. The summed E-state index contributed by atoms with van der Waals surface area (Å²) in [4.78, 5) is 26.9. The normalized spacial score (nSPS) is 14.2. The summed E-state index contributed by atoms with van der Waals surface area (Å²) >= 11 is 0. The van der Waals surface area contributed by atoms with Crippen molar-refractivity contribution in [2.24, 2.45) is 0 Å². The zero-order valence-corrected chi connectivity index (χ0v) is 14.6. The first-order chi connectivity index (χ1) is 12.6. The number of nitrogens with one attached hydrogen (secondary N) is 1. The molecule has 0 bridgehead atoms. The largest absolute Gasteiger partial charge is 0.496 e. The summed E-state index contributed by atoms with van der Waals surface area (Å²) in [7, 11) is 1.50. The number of carbonyl (C=O) groups is 2. The summed E-state index contributed by atoms with van der Waals surface area (Å²) in [6.07, 6.45) is 0.643. The van der Waals surface area contributed by atoms with Crippen LogP contribution in [0.4, 0.5) is 10.1 Å². The van der Waals surface area contributed by atoms with Crippen molar-refractivity contribution in [3.63, 3.8) is 0 Å². The Labute approximate surface area is 151 Å². The van der Waals surface area contributed by atoms with Gasteiger partial charge in [0.2, 0.25) is 0 Å². The molecule has 2 amide bonds. The van der Waals surface area contributed by atoms with Crippen molar-refractivity contribution in [2.75, 3.05) is 19.0 Å². The van der Waals surface area contributed by atoms with Crippen molar-refractivity contribution in [1.29, 1.82) is 0 Å². The van der Waals surface area contributed by atoms with Crippen LogP contribution in [0.2, 0.25) is 0 Å². The maximum Gasteiger partial charge on any atom is 0.278 e. The molecule has 1 N–H and O–H groups in total. The number of rotatable bonds is 6. The molecule has 5 nitrogen and oxygen atoms in total. The van der Waals surface area contributed by atoms with Gasteiger partial charge in [-0.2, -0.15) is 0 Å². The molecule has 0 unspecified atom stereocenters. The van der Waals surface area contributed by atoms with Crippen LogP contribution in [0.5, 0.6) is 5.75 Å². The van der Waals surface area contributed by atoms with E-state index < -0.39 is 11.7 Å². The van der Waals surface area contributed by atoms with Crippen molar-refractivity contribution in [3.05, 3.63) is 65.6 Å². The molecule has 1 aliphatic heterocycles. The lowest BCUT2D eigenvalue weighted by Gasteiger charge is -2.14. The Morgan fingerprint density at radius 2 is 1.85 bits per heavy atom. The van der Waals surface area contributed by atoms with E-state index >= 15 is 0 Å². The fraction of sp³-hybridized carbons (Fsp3) is 0.200. The van der Waals surface area contributed by atoms with Crippen molar-refractivity contribution >= 4 is 23.1 Å². The molecule has 134 valence electrons. The van der Waals surface area contributed by atoms with Gasteiger partial charge in [0.1, 0.15) is 17.3 Å². The van der Waals surface area contributed by atoms with Crippen molar-refractivity contribution in [2.45, 2.75) is 13.3 Å². The average Bonchev–Trinajstić information content (AvgIpc) is 2.86. The number of ether oxygens (including phenoxy) is 1. The van der Waals surface area contributed by atoms with E-state index in [1.54, 1.807) is 30.3 Å². The number of methoxy groups -OCH3 is 1. The Bertz CT molecular complexity index is 892. The summed E-state index contributed by atoms with van der Waals surface area (Å²) in [5, 5.41) is 2.92. The molecule has 0 aromatic heterocycles. The lowest BCUT2D eigenvalue weighted by Crippen LogP contribution is -2.33. The molecule has 2 aromatic rings. The molecule has 0 atom stereocenters. The van der Waals surface area contributed by atoms with Gasteiger partial charge in [0.25, 0.3) is 11.8 Å². The highest BCUT2D eigenvalue weighted by Gasteiger charge is 2.39. The highest BCUT2D eigenvalue weighted by Crippen LogP contribution is 2.35. The smallest absolute Gasteiger partial charge is 0.278 e. The lowest BCUT2D eigenvalue weighted by atomic mass is 10.0. The third-order valence-corrected chi connectivity index (χ3v) is 4.09. The third-order valence-electron chi connectivity index (χ3n) is 4.09. The van der Waals surface area contributed by atoms with Gasteiger partial charge in [0.05, 0.1) is 12.7 Å². The highest BCUT2D eigenvalue weighted by molar-refractivity contribution is 6.37. The molecule has 0 fully saturated rings. The summed E-state index contributed by atoms with van der Waals surface area (Å²) < 4.78 is 18.9. The second-order valence-electron chi connectivity index (χ2n) is 5.85. The van der Waals surface area contributed by atoms with Gasteiger partial charge >= 0.3 is 0 Å². The molecular weight excluding hydrogens is 335 g/mol. The van der Waals surface area contributed by atoms with E-state index in [1.165, 1.54) is 30.2 Å². The lowest BCUT2D eigenvalue weighted by molar-refractivity contribution is -0.136. The van der Waals surface area contributed by atoms with Gasteiger partial charge in [-0.1, -0.05) is 31.2 Å². The van der Waals surface area contributed by atoms with E-state index in [4.69, 9.17) is 4.74 Å². The highest BCUT2D eigenvalue weighted by atomic mass is 19.1. The Balaban J connectivity index is 2.13. The molecule has 26 heavy (non-hydrogen) atoms. The average molecular weight is 354 g/mol. The minimum Gasteiger partial charge on any atom is -0.496 e. The van der Waals surface area contributed by atoms with E-state index in [9.17, 15) is 14.0 Å². The summed E-state index contributed by atoms with van der Waals surface area (Å²) in [5.74, 6) is -0.764. The summed E-state index contributed by atoms with van der Waals surface area (Å²) in [6.45, 7) is 2.20. The SMILES string of the molecule is CCCN1C(=O)C(Nc2cccc(F)c2)=C(c2ccccc2OC)C1=O. The fourth-order valence-corrected chi connectivity index (χ4v) is 2.93. The summed E-state index contributed by atoms with van der Waals surface area (Å²) in [5.41, 5.74) is 1.27. The molecule has 0 saturated carbocycles. The van der Waals surface area contributed by atoms with Gasteiger partial charge < -0.3 is 10.1 Å². The van der Waals surface area contributed by atoms with Gasteiger partial charge in [-0.15, -0.1) is 0 Å². The Kier molecular flexibility index (Phi) is 5.02. The van der Waals surface area contributed by atoms with E-state index in [0.717, 1.165) is 0 Å². The van der Waals surface area contributed by atoms with E-state index in [0.29, 0.717) is 30.0 Å². The van der Waals surface area contributed by atoms with Gasteiger partial charge in [-0.05, 0) is 30.7 Å². The molecule has 0 spiro atoms. The monoisotopic (exact) mass is 354 g/mol. The van der Waals surface area contributed by atoms with Crippen LogP contribution in [0, 0.1) is 5.82 Å². The Morgan fingerprint density at radius 3 is 2.54 bits per heavy atom. The number of imide groups is 1. The molecule has 1 heterocycles. The number of halogens is 1. The number of hydrogen-bond donors (Lipinski definition) is 1. The second-order valence-corrected chi connectivity index (χ2v) is 5.85. The van der Waals surface area contributed by atoms with Crippen LogP contribution in [-0.4, -0.2) is 30.4 Å². The Morgan fingerprint density at radius 1 is 1.08 bits per heavy atom. The standard InChI is InChI=1S/C20H19FN2O3/c1-3-11-23-19(24)17(15-9-4-5-10-16(15)26-2)18(20(23)25)22-14-8-6-7-13(21)12-14/h4-10,12,22H,3,11H2,1-2H3. The predicted octanol–water partition coefficient (Wildman–Crippen LogP) is 3.44. The van der Waals surface area contributed by atoms with Crippen LogP contribution in [0.3, 0.4) is 0 Å². The first-order valence-electron chi connectivity index (χ1n) is 8.33. The van der Waals surface area contributed by atoms with Gasteiger partial charge in [0, 0.05) is 17.8 Å². The maximum absolute atomic E-state index is 13.5. The van der Waals surface area contributed by atoms with Gasteiger partial charge in [-0.3, -0.25) is 14.5 Å². The van der Waals surface area contributed by atoms with Crippen LogP contribution in [0.25, 0.3) is 5.57 Å². The molecule has 0 saturated heterocycles. The predicted molar refractivity (Wildman–Crippen MR) is 96.9 cm³/mol. The number of benzene rings is 2. The van der Waals surface area contributed by atoms with Crippen molar-refractivity contribution in [3.8, 4) is 5.75 Å². The minimum atomic E-state index is -0.434. The number of carbonyl (C=O) groups excluding carboxylic acids is 2.